The molecule has 1 atom stereocenters. The molecule has 5 rings (SSSR count). The lowest BCUT2D eigenvalue weighted by atomic mass is 10.1. The van der Waals surface area contributed by atoms with Crippen molar-refractivity contribution in [1.82, 2.24) is 25.5 Å². The third-order valence-corrected chi connectivity index (χ3v) is 7.59. The van der Waals surface area contributed by atoms with E-state index < -0.39 is 6.04 Å². The van der Waals surface area contributed by atoms with Gasteiger partial charge in [0.1, 0.15) is 12.6 Å². The molecule has 4 aromatic rings. The molecule has 1 aliphatic carbocycles. The number of carbonyl (C=O) groups excluding carboxylic acids is 2. The molecule has 2 amide bonds. The Balaban J connectivity index is 1.46. The lowest BCUT2D eigenvalue weighted by molar-refractivity contribution is -0.127. The number of rotatable bonds is 8. The summed E-state index contributed by atoms with van der Waals surface area (Å²) in [6.45, 7) is -0.133. The zero-order valence-corrected chi connectivity index (χ0v) is 20.0. The van der Waals surface area contributed by atoms with E-state index in [1.807, 2.05) is 65.4 Å². The first kappa shape index (κ1) is 22.4. The second-order valence-electron chi connectivity index (χ2n) is 8.13. The van der Waals surface area contributed by atoms with Gasteiger partial charge in [0.2, 0.25) is 11.7 Å². The summed E-state index contributed by atoms with van der Waals surface area (Å²) >= 11 is 2.97. The monoisotopic (exact) mass is 492 g/mol. The quantitative estimate of drug-likeness (QED) is 0.396. The number of hydrogen-bond acceptors (Lipinski definition) is 7. The summed E-state index contributed by atoms with van der Waals surface area (Å²) < 4.78 is 0. The van der Waals surface area contributed by atoms with Crippen LogP contribution in [0.25, 0.3) is 10.7 Å². The minimum atomic E-state index is -0.782. The van der Waals surface area contributed by atoms with Gasteiger partial charge in [0.15, 0.2) is 0 Å². The summed E-state index contributed by atoms with van der Waals surface area (Å²) in [6, 6.07) is 16.3. The summed E-state index contributed by atoms with van der Waals surface area (Å²) in [5.41, 5.74) is 0.645. The number of tetrazole rings is 1. The molecule has 1 N–H and O–H groups in total. The van der Waals surface area contributed by atoms with Gasteiger partial charge in [0.05, 0.1) is 4.88 Å². The molecule has 0 saturated heterocycles. The Kier molecular flexibility index (Phi) is 6.77. The Morgan fingerprint density at radius 2 is 1.79 bits per heavy atom. The standard InChI is InChI=1S/C24H24N6O2S2/c31-21(16-29-27-23(26-28-29)20-13-7-15-34-20)30(18-10-2-1-3-11-18)22(19-12-6-14-33-19)24(32)25-17-8-4-5-9-17/h1-3,6-7,10-15,17,22H,4-5,8-9,16H2,(H,25,32)/t22-/m1/s1. The number of amides is 2. The molecule has 8 nitrogen and oxygen atoms in total. The summed E-state index contributed by atoms with van der Waals surface area (Å²) in [5, 5.41) is 19.6. The first-order chi connectivity index (χ1) is 16.7. The van der Waals surface area contributed by atoms with Crippen molar-refractivity contribution in [2.45, 2.75) is 44.3 Å². The molecule has 0 unspecified atom stereocenters. The fourth-order valence-electron chi connectivity index (χ4n) is 4.21. The molecule has 10 heteroatoms. The van der Waals surface area contributed by atoms with Gasteiger partial charge in [-0.3, -0.25) is 14.5 Å². The molecule has 0 radical (unpaired) electrons. The summed E-state index contributed by atoms with van der Waals surface area (Å²) in [7, 11) is 0. The van der Waals surface area contributed by atoms with Crippen molar-refractivity contribution in [2.75, 3.05) is 4.90 Å². The second kappa shape index (κ2) is 10.3. The third kappa shape index (κ3) is 4.92. The SMILES string of the molecule is O=C(NC1CCCC1)[C@@H](c1cccs1)N(C(=O)Cn1nnc(-c2cccs2)n1)c1ccccc1. The maximum atomic E-state index is 13.7. The van der Waals surface area contributed by atoms with Crippen LogP contribution in [0.2, 0.25) is 0 Å². The average molecular weight is 493 g/mol. The van der Waals surface area contributed by atoms with E-state index in [4.69, 9.17) is 0 Å². The molecule has 0 spiro atoms. The predicted octanol–water partition coefficient (Wildman–Crippen LogP) is 4.30. The smallest absolute Gasteiger partial charge is 0.251 e. The van der Waals surface area contributed by atoms with Gasteiger partial charge in [-0.2, -0.15) is 4.80 Å². The molecule has 1 aliphatic rings. The Bertz CT molecular complexity index is 1220. The van der Waals surface area contributed by atoms with Crippen LogP contribution in [0.5, 0.6) is 0 Å². The van der Waals surface area contributed by atoms with Crippen molar-refractivity contribution in [2.24, 2.45) is 0 Å². The lowest BCUT2D eigenvalue weighted by Gasteiger charge is -2.31. The zero-order valence-electron chi connectivity index (χ0n) is 18.4. The van der Waals surface area contributed by atoms with E-state index in [9.17, 15) is 9.59 Å². The van der Waals surface area contributed by atoms with Crippen LogP contribution in [0.4, 0.5) is 5.69 Å². The molecular weight excluding hydrogens is 468 g/mol. The van der Waals surface area contributed by atoms with Gasteiger partial charge in [0, 0.05) is 16.6 Å². The van der Waals surface area contributed by atoms with Crippen molar-refractivity contribution < 1.29 is 9.59 Å². The number of carbonyl (C=O) groups is 2. The first-order valence-electron chi connectivity index (χ1n) is 11.2. The van der Waals surface area contributed by atoms with E-state index in [0.717, 1.165) is 35.4 Å². The number of benzene rings is 1. The Morgan fingerprint density at radius 1 is 1.03 bits per heavy atom. The Labute approximate surface area is 205 Å². The summed E-state index contributed by atoms with van der Waals surface area (Å²) in [4.78, 5) is 31.8. The summed E-state index contributed by atoms with van der Waals surface area (Å²) in [6.07, 6.45) is 4.16. The average Bonchev–Trinajstić information content (AvgIpc) is 3.65. The maximum absolute atomic E-state index is 13.7. The number of aromatic nitrogens is 4. The van der Waals surface area contributed by atoms with E-state index in [-0.39, 0.29) is 24.4 Å². The van der Waals surface area contributed by atoms with E-state index in [1.165, 1.54) is 27.5 Å². The van der Waals surface area contributed by atoms with E-state index in [1.54, 1.807) is 4.90 Å². The van der Waals surface area contributed by atoms with Crippen LogP contribution in [0.1, 0.15) is 36.6 Å². The van der Waals surface area contributed by atoms with Crippen molar-refractivity contribution in [1.29, 1.82) is 0 Å². The molecule has 1 saturated carbocycles. The maximum Gasteiger partial charge on any atom is 0.251 e. The Morgan fingerprint density at radius 3 is 2.50 bits per heavy atom. The van der Waals surface area contributed by atoms with Crippen molar-refractivity contribution in [3.63, 3.8) is 0 Å². The topological polar surface area (TPSA) is 93.0 Å². The van der Waals surface area contributed by atoms with Crippen LogP contribution in [-0.4, -0.2) is 38.1 Å². The van der Waals surface area contributed by atoms with E-state index in [2.05, 4.69) is 20.7 Å². The highest BCUT2D eigenvalue weighted by molar-refractivity contribution is 7.13. The van der Waals surface area contributed by atoms with Gasteiger partial charge in [0.25, 0.3) is 5.91 Å². The largest absolute Gasteiger partial charge is 0.351 e. The van der Waals surface area contributed by atoms with Crippen LogP contribution >= 0.6 is 22.7 Å². The predicted molar refractivity (Wildman–Crippen MR) is 133 cm³/mol. The van der Waals surface area contributed by atoms with Gasteiger partial charge >= 0.3 is 0 Å². The van der Waals surface area contributed by atoms with Gasteiger partial charge in [-0.25, -0.2) is 0 Å². The number of nitrogens with zero attached hydrogens (tertiary/aromatic N) is 5. The second-order valence-corrected chi connectivity index (χ2v) is 10.1. The minimum absolute atomic E-state index is 0.133. The molecule has 3 heterocycles. The third-order valence-electron chi connectivity index (χ3n) is 5.79. The number of anilines is 1. The van der Waals surface area contributed by atoms with Crippen LogP contribution < -0.4 is 10.2 Å². The normalized spacial score (nSPS) is 14.7. The molecular formula is C24H24N6O2S2. The fourth-order valence-corrected chi connectivity index (χ4v) is 5.67. The van der Waals surface area contributed by atoms with Crippen molar-refractivity contribution >= 4 is 40.2 Å². The lowest BCUT2D eigenvalue weighted by Crippen LogP contribution is -2.47. The first-order valence-corrected chi connectivity index (χ1v) is 13.0. The number of para-hydroxylation sites is 1. The summed E-state index contributed by atoms with van der Waals surface area (Å²) in [5.74, 6) is 0.0153. The molecule has 34 heavy (non-hydrogen) atoms. The molecule has 0 aliphatic heterocycles. The molecule has 0 bridgehead atoms. The highest BCUT2D eigenvalue weighted by Gasteiger charge is 2.35. The van der Waals surface area contributed by atoms with E-state index in [0.29, 0.717) is 11.5 Å². The van der Waals surface area contributed by atoms with Crippen LogP contribution in [-0.2, 0) is 16.1 Å². The zero-order chi connectivity index (χ0) is 23.3. The van der Waals surface area contributed by atoms with Crippen molar-refractivity contribution in [3.05, 3.63) is 70.2 Å². The van der Waals surface area contributed by atoms with Gasteiger partial charge in [-0.15, -0.1) is 32.9 Å². The minimum Gasteiger partial charge on any atom is -0.351 e. The highest BCUT2D eigenvalue weighted by Crippen LogP contribution is 2.32. The molecule has 1 aromatic carbocycles. The highest BCUT2D eigenvalue weighted by atomic mass is 32.1. The number of thiophene rings is 2. The van der Waals surface area contributed by atoms with E-state index >= 15 is 0 Å². The Hall–Kier alpha value is -3.37. The van der Waals surface area contributed by atoms with Crippen molar-refractivity contribution in [3.8, 4) is 10.7 Å². The van der Waals surface area contributed by atoms with Gasteiger partial charge in [-0.05, 0) is 53.1 Å². The fraction of sp³-hybridized carbons (Fsp3) is 0.292. The number of nitrogens with one attached hydrogen (secondary N) is 1. The molecule has 1 fully saturated rings. The van der Waals surface area contributed by atoms with Crippen LogP contribution in [0, 0.1) is 0 Å². The van der Waals surface area contributed by atoms with Crippen LogP contribution in [0.15, 0.2) is 65.4 Å². The van der Waals surface area contributed by atoms with Gasteiger partial charge in [-0.1, -0.05) is 43.2 Å². The van der Waals surface area contributed by atoms with Crippen LogP contribution in [0.3, 0.4) is 0 Å². The number of hydrogen-bond donors (Lipinski definition) is 1. The molecule has 174 valence electrons. The van der Waals surface area contributed by atoms with Gasteiger partial charge < -0.3 is 5.32 Å². The molecule has 3 aromatic heterocycles.